The number of hydrogen-bond acceptors (Lipinski definition) is 4. The van der Waals surface area contributed by atoms with E-state index in [1.54, 1.807) is 13.2 Å². The van der Waals surface area contributed by atoms with Crippen molar-refractivity contribution < 1.29 is 9.84 Å². The van der Waals surface area contributed by atoms with Crippen LogP contribution in [0.5, 0.6) is 5.75 Å². The maximum atomic E-state index is 9.84. The lowest BCUT2D eigenvalue weighted by Gasteiger charge is -2.17. The van der Waals surface area contributed by atoms with Crippen LogP contribution < -0.4 is 10.1 Å². The highest BCUT2D eigenvalue weighted by Crippen LogP contribution is 2.18. The third-order valence-electron chi connectivity index (χ3n) is 3.37. The summed E-state index contributed by atoms with van der Waals surface area (Å²) in [4.78, 5) is 0. The fourth-order valence-electron chi connectivity index (χ4n) is 1.79. The van der Waals surface area contributed by atoms with Crippen LogP contribution in [0.1, 0.15) is 31.4 Å². The van der Waals surface area contributed by atoms with Crippen molar-refractivity contribution >= 4 is 0 Å². The van der Waals surface area contributed by atoms with Gasteiger partial charge >= 0.3 is 0 Å². The second kappa shape index (κ2) is 7.78. The lowest BCUT2D eigenvalue weighted by molar-refractivity contribution is 0.113. The predicted octanol–water partition coefficient (Wildman–Crippen LogP) is 2.06. The molecule has 1 aromatic carbocycles. The van der Waals surface area contributed by atoms with Crippen LogP contribution in [0.2, 0.25) is 0 Å². The molecule has 4 heteroatoms. The van der Waals surface area contributed by atoms with Crippen molar-refractivity contribution in [3.8, 4) is 11.8 Å². The van der Waals surface area contributed by atoms with Crippen molar-refractivity contribution in [2.75, 3.05) is 13.7 Å². The molecule has 0 bridgehead atoms. The first-order valence-electron chi connectivity index (χ1n) is 6.58. The van der Waals surface area contributed by atoms with Gasteiger partial charge in [-0.05, 0) is 23.6 Å². The summed E-state index contributed by atoms with van der Waals surface area (Å²) in [6, 6.07) is 7.63. The number of nitriles is 1. The summed E-state index contributed by atoms with van der Waals surface area (Å²) in [5, 5.41) is 22.1. The molecule has 0 aliphatic heterocycles. The minimum absolute atomic E-state index is 0.290. The van der Waals surface area contributed by atoms with E-state index in [2.05, 4.69) is 18.3 Å². The minimum Gasteiger partial charge on any atom is -0.495 e. The standard InChI is InChI=1S/C15H22N2O2/c1-4-11(2)14(18)10-17-9-12-5-6-15(19-3)13(7-12)8-16/h5-7,11,14,17-18H,4,9-10H2,1-3H3. The summed E-state index contributed by atoms with van der Waals surface area (Å²) in [5.41, 5.74) is 1.54. The van der Waals surface area contributed by atoms with E-state index >= 15 is 0 Å². The Morgan fingerprint density at radius 2 is 2.21 bits per heavy atom. The van der Waals surface area contributed by atoms with E-state index in [0.717, 1.165) is 12.0 Å². The first-order valence-corrected chi connectivity index (χ1v) is 6.58. The van der Waals surface area contributed by atoms with E-state index in [0.29, 0.717) is 24.4 Å². The highest BCUT2D eigenvalue weighted by atomic mass is 16.5. The molecule has 19 heavy (non-hydrogen) atoms. The number of methoxy groups -OCH3 is 1. The molecule has 0 spiro atoms. The average molecular weight is 262 g/mol. The Morgan fingerprint density at radius 1 is 1.47 bits per heavy atom. The molecule has 0 aliphatic rings. The third kappa shape index (κ3) is 4.55. The molecule has 2 unspecified atom stereocenters. The lowest BCUT2D eigenvalue weighted by atomic mass is 10.0. The highest BCUT2D eigenvalue weighted by molar-refractivity contribution is 5.45. The largest absolute Gasteiger partial charge is 0.495 e. The molecule has 0 amide bonds. The molecule has 0 saturated heterocycles. The fourth-order valence-corrected chi connectivity index (χ4v) is 1.79. The quantitative estimate of drug-likeness (QED) is 0.789. The van der Waals surface area contributed by atoms with E-state index in [1.165, 1.54) is 0 Å². The van der Waals surface area contributed by atoms with Gasteiger partial charge in [0.15, 0.2) is 0 Å². The molecule has 0 radical (unpaired) electrons. The zero-order valence-corrected chi connectivity index (χ0v) is 11.8. The Morgan fingerprint density at radius 3 is 2.79 bits per heavy atom. The number of benzene rings is 1. The van der Waals surface area contributed by atoms with Gasteiger partial charge < -0.3 is 15.2 Å². The Balaban J connectivity index is 2.53. The molecule has 2 N–H and O–H groups in total. The Labute approximate surface area is 115 Å². The number of aliphatic hydroxyl groups excluding tert-OH is 1. The van der Waals surface area contributed by atoms with Crippen LogP contribution in [0.4, 0.5) is 0 Å². The second-order valence-electron chi connectivity index (χ2n) is 4.73. The Bertz CT molecular complexity index is 440. The van der Waals surface area contributed by atoms with Crippen molar-refractivity contribution in [2.45, 2.75) is 32.9 Å². The van der Waals surface area contributed by atoms with Gasteiger partial charge in [0.2, 0.25) is 0 Å². The molecule has 1 rings (SSSR count). The van der Waals surface area contributed by atoms with Crippen LogP contribution in [-0.4, -0.2) is 24.9 Å². The molecule has 4 nitrogen and oxygen atoms in total. The topological polar surface area (TPSA) is 65.3 Å². The van der Waals surface area contributed by atoms with Crippen LogP contribution in [-0.2, 0) is 6.54 Å². The van der Waals surface area contributed by atoms with E-state index < -0.39 is 0 Å². The maximum Gasteiger partial charge on any atom is 0.136 e. The highest BCUT2D eigenvalue weighted by Gasteiger charge is 2.11. The van der Waals surface area contributed by atoms with Gasteiger partial charge in [-0.3, -0.25) is 0 Å². The summed E-state index contributed by atoms with van der Waals surface area (Å²) < 4.78 is 5.10. The van der Waals surface area contributed by atoms with Gasteiger partial charge in [0.1, 0.15) is 11.8 Å². The predicted molar refractivity (Wildman–Crippen MR) is 74.9 cm³/mol. The zero-order chi connectivity index (χ0) is 14.3. The Kier molecular flexibility index (Phi) is 6.34. The van der Waals surface area contributed by atoms with Crippen LogP contribution in [0, 0.1) is 17.2 Å². The van der Waals surface area contributed by atoms with Gasteiger partial charge in [0, 0.05) is 13.1 Å². The van der Waals surface area contributed by atoms with Gasteiger partial charge in [-0.2, -0.15) is 5.26 Å². The molecule has 1 aromatic rings. The fraction of sp³-hybridized carbons (Fsp3) is 0.533. The molecule has 0 heterocycles. The van der Waals surface area contributed by atoms with Crippen LogP contribution in [0.25, 0.3) is 0 Å². The Hall–Kier alpha value is -1.57. The third-order valence-corrected chi connectivity index (χ3v) is 3.37. The molecule has 0 fully saturated rings. The van der Waals surface area contributed by atoms with Gasteiger partial charge in [-0.1, -0.05) is 26.3 Å². The van der Waals surface area contributed by atoms with Crippen molar-refractivity contribution in [1.29, 1.82) is 5.26 Å². The smallest absolute Gasteiger partial charge is 0.136 e. The molecule has 104 valence electrons. The minimum atomic E-state index is -0.335. The molecule has 0 saturated carbocycles. The summed E-state index contributed by atoms with van der Waals surface area (Å²) >= 11 is 0. The number of nitrogens with zero attached hydrogens (tertiary/aromatic N) is 1. The average Bonchev–Trinajstić information content (AvgIpc) is 2.45. The van der Waals surface area contributed by atoms with Crippen LogP contribution in [0.3, 0.4) is 0 Å². The van der Waals surface area contributed by atoms with Crippen molar-refractivity contribution in [2.24, 2.45) is 5.92 Å². The van der Waals surface area contributed by atoms with Crippen molar-refractivity contribution in [1.82, 2.24) is 5.32 Å². The zero-order valence-electron chi connectivity index (χ0n) is 11.8. The summed E-state index contributed by atoms with van der Waals surface area (Å²) in [6.45, 7) is 5.29. The number of ether oxygens (including phenoxy) is 1. The van der Waals surface area contributed by atoms with Crippen molar-refractivity contribution in [3.63, 3.8) is 0 Å². The van der Waals surface area contributed by atoms with Crippen LogP contribution >= 0.6 is 0 Å². The molecule has 0 aliphatic carbocycles. The van der Waals surface area contributed by atoms with E-state index in [4.69, 9.17) is 10.00 Å². The van der Waals surface area contributed by atoms with Gasteiger partial charge in [0.25, 0.3) is 0 Å². The summed E-state index contributed by atoms with van der Waals surface area (Å²) in [5.74, 6) is 0.879. The first kappa shape index (κ1) is 15.5. The number of rotatable bonds is 7. The van der Waals surface area contributed by atoms with Gasteiger partial charge in [-0.25, -0.2) is 0 Å². The summed E-state index contributed by atoms with van der Waals surface area (Å²) in [6.07, 6.45) is 0.628. The first-order chi connectivity index (χ1) is 9.12. The van der Waals surface area contributed by atoms with Crippen LogP contribution in [0.15, 0.2) is 18.2 Å². The van der Waals surface area contributed by atoms with E-state index in [-0.39, 0.29) is 12.0 Å². The number of hydrogen-bond donors (Lipinski definition) is 2. The number of aliphatic hydroxyl groups is 1. The molecular formula is C15H22N2O2. The van der Waals surface area contributed by atoms with Crippen molar-refractivity contribution in [3.05, 3.63) is 29.3 Å². The van der Waals surface area contributed by atoms with Gasteiger partial charge in [0.05, 0.1) is 18.8 Å². The van der Waals surface area contributed by atoms with E-state index in [9.17, 15) is 5.11 Å². The molecule has 0 aromatic heterocycles. The normalized spacial score (nSPS) is 13.6. The number of nitrogens with one attached hydrogen (secondary N) is 1. The summed E-state index contributed by atoms with van der Waals surface area (Å²) in [7, 11) is 1.55. The molecule has 2 atom stereocenters. The van der Waals surface area contributed by atoms with Gasteiger partial charge in [-0.15, -0.1) is 0 Å². The lowest BCUT2D eigenvalue weighted by Crippen LogP contribution is -2.31. The second-order valence-corrected chi connectivity index (χ2v) is 4.73. The SMILES string of the molecule is CCC(C)C(O)CNCc1ccc(OC)c(C#N)c1. The monoisotopic (exact) mass is 262 g/mol. The van der Waals surface area contributed by atoms with E-state index in [1.807, 2.05) is 19.1 Å². The maximum absolute atomic E-state index is 9.84. The molecular weight excluding hydrogens is 240 g/mol.